The van der Waals surface area contributed by atoms with Gasteiger partial charge in [0, 0.05) is 114 Å². The molecule has 6 nitrogen and oxygen atoms in total. The molecule has 2 atom stereocenters. The Morgan fingerprint density at radius 1 is 0.660 bits per heavy atom. The van der Waals surface area contributed by atoms with E-state index in [1.807, 2.05) is 26.0 Å². The molecule has 4 aromatic heterocycles. The first-order valence-electron chi connectivity index (χ1n) is 17.1. The van der Waals surface area contributed by atoms with Crippen LogP contribution in [0.3, 0.4) is 0 Å². The Labute approximate surface area is 319 Å². The van der Waals surface area contributed by atoms with E-state index in [4.69, 9.17) is 0 Å². The number of alkyl halides is 6. The highest BCUT2D eigenvalue weighted by Gasteiger charge is 2.84. The van der Waals surface area contributed by atoms with Gasteiger partial charge in [-0.2, -0.15) is 26.3 Å². The molecule has 4 N–H and O–H groups in total. The fourth-order valence-electron chi connectivity index (χ4n) is 7.64. The zero-order valence-corrected chi connectivity index (χ0v) is 32.4. The summed E-state index contributed by atoms with van der Waals surface area (Å²) < 4.78 is 92.0. The summed E-state index contributed by atoms with van der Waals surface area (Å²) in [4.78, 5) is 19.3. The number of fused-ring (bicyclic) bond motifs is 4. The Bertz CT molecular complexity index is 2040. The van der Waals surface area contributed by atoms with Crippen LogP contribution in [0.15, 0.2) is 71.6 Å². The van der Waals surface area contributed by atoms with Crippen molar-refractivity contribution in [2.45, 2.75) is 80.9 Å². The molecule has 0 bridgehead atoms. The number of aromatic nitrogens is 4. The summed E-state index contributed by atoms with van der Waals surface area (Å²) in [5.41, 5.74) is 0.802. The minimum atomic E-state index is -5.60. The van der Waals surface area contributed by atoms with Crippen LogP contribution in [0.25, 0.3) is 9.81 Å². The van der Waals surface area contributed by atoms with E-state index in [-0.39, 0.29) is 11.1 Å². The molecule has 1 saturated carbocycles. The highest BCUT2D eigenvalue weighted by atomic mass is 32.2. The summed E-state index contributed by atoms with van der Waals surface area (Å²) in [6.45, 7) is 9.87. The van der Waals surface area contributed by atoms with Gasteiger partial charge in [-0.05, 0) is 63.1 Å². The normalized spacial score (nSPS) is 25.2. The molecular weight excluding hydrogens is 771 g/mol. The number of halogens is 6. The molecule has 6 heterocycles. The largest absolute Gasteiger partial charge is 0.380 e. The number of rotatable bonds is 12. The minimum Gasteiger partial charge on any atom is -0.348 e. The molecule has 53 heavy (non-hydrogen) atoms. The van der Waals surface area contributed by atoms with Crippen LogP contribution >= 0.6 is 46.2 Å². The maximum absolute atomic E-state index is 15.9. The topological polar surface area (TPSA) is 81.4 Å². The lowest BCUT2D eigenvalue weighted by Gasteiger charge is -2.47. The van der Waals surface area contributed by atoms with E-state index in [2.05, 4.69) is 30.6 Å². The van der Waals surface area contributed by atoms with Gasteiger partial charge in [-0.25, -0.2) is 9.97 Å². The van der Waals surface area contributed by atoms with Gasteiger partial charge in [0.15, 0.2) is 0 Å². The van der Waals surface area contributed by atoms with Crippen LogP contribution in [0.2, 0.25) is 0 Å². The molecule has 1 fully saturated rings. The van der Waals surface area contributed by atoms with E-state index in [9.17, 15) is 0 Å². The predicted molar refractivity (Wildman–Crippen MR) is 203 cm³/mol. The van der Waals surface area contributed by atoms with E-state index in [0.29, 0.717) is 36.0 Å². The molecule has 280 valence electrons. The lowest BCUT2D eigenvalue weighted by Crippen LogP contribution is -2.48. The summed E-state index contributed by atoms with van der Waals surface area (Å²) >= 11 is 5.70. The second-order valence-electron chi connectivity index (χ2n) is 14.0. The van der Waals surface area contributed by atoms with Crippen LogP contribution in [0.4, 0.5) is 26.3 Å². The minimum absolute atomic E-state index is 0.156. The molecule has 4 aliphatic rings. The van der Waals surface area contributed by atoms with Crippen molar-refractivity contribution in [3.8, 4) is 0 Å². The summed E-state index contributed by atoms with van der Waals surface area (Å²) in [6.07, 6.45) is 11.3. The Morgan fingerprint density at radius 2 is 1.08 bits per heavy atom. The number of thioether (sulfide) groups is 2. The Balaban J connectivity index is 1.12. The average Bonchev–Trinajstić information content (AvgIpc) is 3.95. The predicted octanol–water partition coefficient (Wildman–Crippen LogP) is 9.46. The average molecular weight is 807 g/mol. The van der Waals surface area contributed by atoms with Crippen LogP contribution < -0.4 is 10.6 Å². The number of aromatic amines is 2. The van der Waals surface area contributed by atoms with Crippen molar-refractivity contribution in [3.63, 3.8) is 0 Å². The smallest absolute Gasteiger partial charge is 0.348 e. The maximum Gasteiger partial charge on any atom is 0.380 e. The second-order valence-corrected chi connectivity index (χ2v) is 19.6. The van der Waals surface area contributed by atoms with Crippen LogP contribution in [0.5, 0.6) is 0 Å². The van der Waals surface area contributed by atoms with Crippen LogP contribution in [-0.4, -0.2) is 60.3 Å². The Morgan fingerprint density at radius 3 is 1.45 bits per heavy atom. The summed E-state index contributed by atoms with van der Waals surface area (Å²) in [7, 11) is 0. The van der Waals surface area contributed by atoms with Gasteiger partial charge in [-0.1, -0.05) is 0 Å². The van der Waals surface area contributed by atoms with Gasteiger partial charge in [0.2, 0.25) is 0 Å². The lowest BCUT2D eigenvalue weighted by atomic mass is 9.71. The highest BCUT2D eigenvalue weighted by Crippen LogP contribution is 2.75. The number of allylic oxidation sites excluding steroid dienone is 4. The third kappa shape index (κ3) is 5.68. The van der Waals surface area contributed by atoms with E-state index in [1.165, 1.54) is 35.7 Å². The number of aryl methyl sites for hydroxylation is 2. The quantitative estimate of drug-likeness (QED) is 0.0845. The maximum atomic E-state index is 15.9. The van der Waals surface area contributed by atoms with Crippen molar-refractivity contribution >= 4 is 56.0 Å². The molecule has 0 amide bonds. The molecule has 0 spiro atoms. The number of hydrogen-bond donors (Lipinski definition) is 4. The highest BCUT2D eigenvalue weighted by molar-refractivity contribution is 8.14. The van der Waals surface area contributed by atoms with Crippen LogP contribution in [0.1, 0.15) is 55.9 Å². The van der Waals surface area contributed by atoms with Gasteiger partial charge in [-0.15, -0.1) is 46.2 Å². The number of imidazole rings is 2. The third-order valence-corrected chi connectivity index (χ3v) is 16.1. The number of H-pyrrole nitrogens is 2. The van der Waals surface area contributed by atoms with Gasteiger partial charge in [0.25, 0.3) is 0 Å². The molecule has 2 aliphatic carbocycles. The molecule has 0 saturated heterocycles. The van der Waals surface area contributed by atoms with Crippen molar-refractivity contribution in [2.75, 3.05) is 13.1 Å². The molecule has 16 heteroatoms. The van der Waals surface area contributed by atoms with Crippen molar-refractivity contribution in [1.82, 2.24) is 30.6 Å². The molecule has 2 aliphatic heterocycles. The zero-order chi connectivity index (χ0) is 37.6. The lowest BCUT2D eigenvalue weighted by molar-refractivity contribution is -0.258. The number of nitrogens with one attached hydrogen (secondary N) is 4. The molecule has 4 aromatic rings. The van der Waals surface area contributed by atoms with E-state index in [1.54, 1.807) is 61.6 Å². The summed E-state index contributed by atoms with van der Waals surface area (Å²) in [5, 5.41) is 6.82. The van der Waals surface area contributed by atoms with E-state index in [0.717, 1.165) is 54.9 Å². The van der Waals surface area contributed by atoms with Gasteiger partial charge < -0.3 is 20.6 Å². The van der Waals surface area contributed by atoms with Gasteiger partial charge in [0.05, 0.1) is 22.1 Å². The third-order valence-electron chi connectivity index (χ3n) is 10.6. The van der Waals surface area contributed by atoms with E-state index >= 15 is 26.3 Å². The van der Waals surface area contributed by atoms with Crippen molar-refractivity contribution in [3.05, 3.63) is 114 Å². The molecule has 0 radical (unpaired) electrons. The standard InChI is InChI=1S/C37H36F6N6S4/c1-19-25(9-23(50-19)15-44-7-5-21-13-46-17-48-21)29-11-27-31-32(36(40,41)37(42,43)35(31,38)39)28-12-30(53-34(28,4)33(27,3)52-29)26-10-24(51-20(26)2)16-45-8-6-22-14-47-18-49-22/h9-14,17-18,44-45H,5-8,15-16H2,1-4H3,(H,46,48)(H,47,49). The summed E-state index contributed by atoms with van der Waals surface area (Å²) in [6, 6.07) is 3.96. The Hall–Kier alpha value is -3.02. The van der Waals surface area contributed by atoms with Crippen LogP contribution in [-0.2, 0) is 25.9 Å². The first-order chi connectivity index (χ1) is 25.1. The Kier molecular flexibility index (Phi) is 9.09. The monoisotopic (exact) mass is 806 g/mol. The van der Waals surface area contributed by atoms with Crippen molar-refractivity contribution < 1.29 is 26.3 Å². The number of hydrogen-bond acceptors (Lipinski definition) is 8. The summed E-state index contributed by atoms with van der Waals surface area (Å²) in [5.74, 6) is -15.8. The van der Waals surface area contributed by atoms with Crippen molar-refractivity contribution in [1.29, 1.82) is 0 Å². The van der Waals surface area contributed by atoms with Gasteiger partial charge in [-0.3, -0.25) is 0 Å². The van der Waals surface area contributed by atoms with Gasteiger partial charge >= 0.3 is 17.8 Å². The molecule has 8 rings (SSSR count). The zero-order valence-electron chi connectivity index (χ0n) is 29.2. The fraction of sp³-hybridized carbons (Fsp3) is 0.405. The molecule has 2 unspecified atom stereocenters. The first-order valence-corrected chi connectivity index (χ1v) is 20.4. The van der Waals surface area contributed by atoms with Gasteiger partial charge in [0.1, 0.15) is 0 Å². The number of nitrogens with zero attached hydrogens (tertiary/aromatic N) is 2. The molecular formula is C37H36F6N6S4. The van der Waals surface area contributed by atoms with E-state index < -0.39 is 38.4 Å². The van der Waals surface area contributed by atoms with Crippen molar-refractivity contribution in [2.24, 2.45) is 0 Å². The second kappa shape index (κ2) is 13.0. The molecule has 0 aromatic carbocycles. The van der Waals surface area contributed by atoms with Crippen LogP contribution in [0, 0.1) is 13.8 Å². The first kappa shape index (κ1) is 36.9. The fourth-order valence-corrected chi connectivity index (χ4v) is 13.1. The SMILES string of the molecule is Cc1sc(CNCCc2cnc[nH]2)cc1C1=CC2=C3C(=C4C=C(c5cc(CNCCc6cnc[nH]6)sc5C)SC4(C)C2(C)S1)C(F)(F)C(F)(F)C3(F)F. The number of thiophene rings is 2.